The largest absolute Gasteiger partial charge is 0.445 e. The van der Waals surface area contributed by atoms with E-state index in [1.165, 1.54) is 0 Å². The zero-order valence-electron chi connectivity index (χ0n) is 15.7. The van der Waals surface area contributed by atoms with E-state index in [-0.39, 0.29) is 31.1 Å². The van der Waals surface area contributed by atoms with Gasteiger partial charge in [-0.1, -0.05) is 60.7 Å². The van der Waals surface area contributed by atoms with Crippen molar-refractivity contribution in [3.63, 3.8) is 0 Å². The van der Waals surface area contributed by atoms with Gasteiger partial charge in [0.25, 0.3) is 0 Å². The minimum absolute atomic E-state index is 0. The highest BCUT2D eigenvalue weighted by atomic mass is 35.5. The van der Waals surface area contributed by atoms with E-state index < -0.39 is 18.3 Å². The Balaban J connectivity index is 0.00000225. The fraction of sp³-hybridized carbons (Fsp3) is 0.409. The number of nitrogens with one attached hydrogen (secondary N) is 1. The number of rotatable bonds is 5. The van der Waals surface area contributed by atoms with Crippen molar-refractivity contribution in [2.45, 2.75) is 56.7 Å². The van der Waals surface area contributed by atoms with Gasteiger partial charge in [-0.2, -0.15) is 0 Å². The molecule has 0 aromatic heterocycles. The molecule has 2 heterocycles. The third-order valence-electron chi connectivity index (χ3n) is 5.59. The molecule has 1 amide bonds. The van der Waals surface area contributed by atoms with E-state index in [4.69, 9.17) is 4.74 Å². The summed E-state index contributed by atoms with van der Waals surface area (Å²) in [6, 6.07) is 19.0. The van der Waals surface area contributed by atoms with Gasteiger partial charge in [-0.3, -0.25) is 4.90 Å². The van der Waals surface area contributed by atoms with E-state index in [9.17, 15) is 4.79 Å². The fourth-order valence-corrected chi connectivity index (χ4v) is 4.18. The average Bonchev–Trinajstić information content (AvgIpc) is 3.12. The smallest absolute Gasteiger partial charge is 0.410 e. The number of piperidine rings is 1. The summed E-state index contributed by atoms with van der Waals surface area (Å²) in [6.07, 6.45) is 0.916. The Hall–Kier alpha value is -2.11. The molecule has 0 saturated carbocycles. The zero-order valence-corrected chi connectivity index (χ0v) is 16.5. The topological polar surface area (TPSA) is 41.6 Å². The number of alkyl halides is 1. The molecule has 2 unspecified atom stereocenters. The van der Waals surface area contributed by atoms with Crippen molar-refractivity contribution in [1.82, 2.24) is 10.2 Å². The van der Waals surface area contributed by atoms with Crippen LogP contribution in [0.25, 0.3) is 0 Å². The number of carbonyl (C=O) groups excluding carboxylic acids is 1. The normalized spacial score (nSPS) is 25.6. The molecular weight excluding hydrogens is 379 g/mol. The lowest BCUT2D eigenvalue weighted by molar-refractivity contribution is 0.0315. The number of amides is 1. The predicted molar refractivity (Wildman–Crippen MR) is 109 cm³/mol. The molecule has 150 valence electrons. The Labute approximate surface area is 171 Å². The van der Waals surface area contributed by atoms with E-state index in [0.717, 1.165) is 24.0 Å². The molecule has 2 fully saturated rings. The van der Waals surface area contributed by atoms with E-state index in [1.54, 1.807) is 4.90 Å². The molecule has 2 aliphatic rings. The monoisotopic (exact) mass is 404 g/mol. The molecular formula is C22H26ClFN2O2. The number of fused-ring (bicyclic) bond motifs is 2. The molecule has 1 N–H and O–H groups in total. The van der Waals surface area contributed by atoms with Crippen LogP contribution < -0.4 is 5.32 Å². The van der Waals surface area contributed by atoms with Gasteiger partial charge >= 0.3 is 6.09 Å². The first kappa shape index (κ1) is 20.6. The summed E-state index contributed by atoms with van der Waals surface area (Å²) >= 11 is 0. The van der Waals surface area contributed by atoms with Crippen molar-refractivity contribution in [2.75, 3.05) is 0 Å². The molecule has 4 nitrogen and oxygen atoms in total. The highest BCUT2D eigenvalue weighted by molar-refractivity contribution is 5.85. The zero-order chi connectivity index (χ0) is 18.6. The van der Waals surface area contributed by atoms with Crippen LogP contribution in [0, 0.1) is 0 Å². The summed E-state index contributed by atoms with van der Waals surface area (Å²) < 4.78 is 20.7. The molecule has 2 aromatic rings. The summed E-state index contributed by atoms with van der Waals surface area (Å²) in [7, 11) is 0. The molecule has 2 saturated heterocycles. The third-order valence-corrected chi connectivity index (χ3v) is 5.59. The van der Waals surface area contributed by atoms with Crippen molar-refractivity contribution in [3.05, 3.63) is 71.8 Å². The number of hydrogen-bond donors (Lipinski definition) is 1. The second-order valence-electron chi connectivity index (χ2n) is 7.45. The summed E-state index contributed by atoms with van der Waals surface area (Å²) in [5.41, 5.74) is 1.90. The first-order valence-electron chi connectivity index (χ1n) is 9.62. The first-order valence-corrected chi connectivity index (χ1v) is 9.62. The fourth-order valence-electron chi connectivity index (χ4n) is 4.18. The minimum atomic E-state index is -1.07. The molecule has 0 aliphatic carbocycles. The van der Waals surface area contributed by atoms with Crippen LogP contribution in [0.4, 0.5) is 9.18 Å². The SMILES string of the molecule is Cl.O=C(OCc1ccccc1)N(Cc1ccccc1)C1C[C@@H]2CC[C@@H](N2)C1F. The maximum atomic E-state index is 15.1. The Morgan fingerprint density at radius 3 is 2.36 bits per heavy atom. The maximum Gasteiger partial charge on any atom is 0.410 e. The Morgan fingerprint density at radius 2 is 1.68 bits per heavy atom. The molecule has 4 atom stereocenters. The van der Waals surface area contributed by atoms with Crippen LogP contribution in [-0.2, 0) is 17.9 Å². The van der Waals surface area contributed by atoms with Gasteiger partial charge in [0.2, 0.25) is 0 Å². The molecule has 0 radical (unpaired) electrons. The number of hydrogen-bond acceptors (Lipinski definition) is 3. The lowest BCUT2D eigenvalue weighted by Gasteiger charge is -2.39. The second-order valence-corrected chi connectivity index (χ2v) is 7.45. The second kappa shape index (κ2) is 9.39. The third kappa shape index (κ3) is 4.65. The number of nitrogens with zero attached hydrogens (tertiary/aromatic N) is 1. The number of carbonyl (C=O) groups is 1. The van der Waals surface area contributed by atoms with Crippen molar-refractivity contribution in [2.24, 2.45) is 0 Å². The summed E-state index contributed by atoms with van der Waals surface area (Å²) in [5, 5.41) is 3.33. The highest BCUT2D eigenvalue weighted by Crippen LogP contribution is 2.33. The summed E-state index contributed by atoms with van der Waals surface area (Å²) in [5.74, 6) is 0. The molecule has 4 rings (SSSR count). The van der Waals surface area contributed by atoms with Crippen LogP contribution in [-0.4, -0.2) is 35.3 Å². The molecule has 2 aliphatic heterocycles. The van der Waals surface area contributed by atoms with Gasteiger partial charge < -0.3 is 10.1 Å². The van der Waals surface area contributed by atoms with Crippen LogP contribution in [0.15, 0.2) is 60.7 Å². The molecule has 0 spiro atoms. The Bertz CT molecular complexity index is 762. The lowest BCUT2D eigenvalue weighted by Crippen LogP contribution is -2.57. The Morgan fingerprint density at radius 1 is 1.04 bits per heavy atom. The van der Waals surface area contributed by atoms with Crippen LogP contribution in [0.1, 0.15) is 30.4 Å². The van der Waals surface area contributed by atoms with E-state index in [0.29, 0.717) is 13.0 Å². The minimum Gasteiger partial charge on any atom is -0.445 e. The van der Waals surface area contributed by atoms with Crippen molar-refractivity contribution >= 4 is 18.5 Å². The van der Waals surface area contributed by atoms with Crippen LogP contribution in [0.3, 0.4) is 0 Å². The molecule has 28 heavy (non-hydrogen) atoms. The van der Waals surface area contributed by atoms with Crippen molar-refractivity contribution in [1.29, 1.82) is 0 Å². The number of benzene rings is 2. The summed E-state index contributed by atoms with van der Waals surface area (Å²) in [6.45, 7) is 0.554. The van der Waals surface area contributed by atoms with E-state index >= 15 is 4.39 Å². The van der Waals surface area contributed by atoms with Crippen LogP contribution >= 0.6 is 12.4 Å². The van der Waals surface area contributed by atoms with Gasteiger partial charge in [0.05, 0.1) is 6.04 Å². The summed E-state index contributed by atoms with van der Waals surface area (Å²) in [4.78, 5) is 14.5. The van der Waals surface area contributed by atoms with Crippen molar-refractivity contribution < 1.29 is 13.9 Å². The molecule has 2 aromatic carbocycles. The standard InChI is InChI=1S/C22H25FN2O2.ClH/c23-21-19-12-11-18(24-19)13-20(21)25(14-16-7-3-1-4-8-16)22(26)27-15-17-9-5-2-6-10-17;/h1-10,18-21,24H,11-15H2;1H/t18-,19+,20?,21?;/m0./s1. The van der Waals surface area contributed by atoms with Gasteiger partial charge in [0.1, 0.15) is 12.8 Å². The van der Waals surface area contributed by atoms with Gasteiger partial charge in [-0.15, -0.1) is 12.4 Å². The molecule has 2 bridgehead atoms. The Kier molecular flexibility index (Phi) is 6.92. The quantitative estimate of drug-likeness (QED) is 0.798. The maximum absolute atomic E-state index is 15.1. The molecule has 6 heteroatoms. The first-order chi connectivity index (χ1) is 13.2. The lowest BCUT2D eigenvalue weighted by atomic mass is 9.96. The van der Waals surface area contributed by atoms with Crippen molar-refractivity contribution in [3.8, 4) is 0 Å². The predicted octanol–water partition coefficient (Wildman–Crippen LogP) is 4.48. The van der Waals surface area contributed by atoms with Gasteiger partial charge in [0.15, 0.2) is 0 Å². The van der Waals surface area contributed by atoms with E-state index in [1.807, 2.05) is 60.7 Å². The van der Waals surface area contributed by atoms with Gasteiger partial charge in [-0.05, 0) is 30.4 Å². The number of halogens is 2. The highest BCUT2D eigenvalue weighted by Gasteiger charge is 2.45. The van der Waals surface area contributed by atoms with Crippen LogP contribution in [0.5, 0.6) is 0 Å². The van der Waals surface area contributed by atoms with Gasteiger partial charge in [0, 0.05) is 18.6 Å². The average molecular weight is 405 g/mol. The van der Waals surface area contributed by atoms with E-state index in [2.05, 4.69) is 5.32 Å². The van der Waals surface area contributed by atoms with Crippen LogP contribution in [0.2, 0.25) is 0 Å². The van der Waals surface area contributed by atoms with Gasteiger partial charge in [-0.25, -0.2) is 9.18 Å². The number of ether oxygens (including phenoxy) is 1.